The first-order valence-electron chi connectivity index (χ1n) is 19.7. The Morgan fingerprint density at radius 3 is 1.47 bits per heavy atom. The van der Waals surface area contributed by atoms with Gasteiger partial charge in [-0.15, -0.1) is 5.10 Å². The average molecular weight is 822 g/mol. The summed E-state index contributed by atoms with van der Waals surface area (Å²) in [6.45, 7) is 17.3. The average Bonchev–Trinajstić information content (AvgIpc) is 3.55. The number of hydrogen-bond donors (Lipinski definition) is 0. The molecule has 0 radical (unpaired) electrons. The highest BCUT2D eigenvalue weighted by Crippen LogP contribution is 2.42. The molecule has 0 unspecified atom stereocenters. The highest BCUT2D eigenvalue weighted by molar-refractivity contribution is 7.32. The van der Waals surface area contributed by atoms with Crippen molar-refractivity contribution in [3.05, 3.63) is 165 Å². The quantitative estimate of drug-likeness (QED) is 0.149. The molecule has 0 atom stereocenters. The van der Waals surface area contributed by atoms with Crippen molar-refractivity contribution in [1.82, 2.24) is 15.0 Å². The third-order valence-corrected chi connectivity index (χ3v) is 13.6. The number of para-hydroxylation sites is 1. The molecule has 6 aromatic carbocycles. The maximum absolute atomic E-state index is 6.56. The van der Waals surface area contributed by atoms with Gasteiger partial charge in [0.2, 0.25) is 0 Å². The molecule has 0 spiro atoms. The zero-order chi connectivity index (χ0) is 40.9. The Hall–Kier alpha value is -5.98. The number of rotatable bonds is 8. The van der Waals surface area contributed by atoms with Crippen molar-refractivity contribution < 1.29 is 25.8 Å². The van der Waals surface area contributed by atoms with E-state index in [2.05, 4.69) is 90.0 Å². The van der Waals surface area contributed by atoms with Gasteiger partial charge in [-0.3, -0.25) is 4.52 Å². The van der Waals surface area contributed by atoms with Gasteiger partial charge in [0.15, 0.2) is 0 Å². The van der Waals surface area contributed by atoms with E-state index in [1.807, 2.05) is 79.0 Å². The van der Waals surface area contributed by atoms with Crippen molar-refractivity contribution >= 4 is 60.4 Å². The van der Waals surface area contributed by atoms with E-state index in [0.29, 0.717) is 18.8 Å². The van der Waals surface area contributed by atoms with Crippen molar-refractivity contribution in [2.75, 3.05) is 0 Å². The number of hydrogen-bond acceptors (Lipinski definition) is 8. The highest BCUT2D eigenvalue weighted by Gasteiger charge is 2.18. The minimum Gasteiger partial charge on any atom is -0.399 e. The fourth-order valence-electron chi connectivity index (χ4n) is 7.55. The number of aromatic nitrogens is 3. The van der Waals surface area contributed by atoms with Crippen molar-refractivity contribution in [3.63, 3.8) is 0 Å². The SMILES string of the molecule is Cc1ccc2op(OCc3ccc(-n4cc(Cc5ccccc5Op5oc6ccc(C)c(C)c6c6c(C)c(C)ccc6o5)nn4)cc3)oc3ccc(C)c(C)c3c2c1C. The van der Waals surface area contributed by atoms with Gasteiger partial charge < -0.3 is 21.3 Å². The molecule has 11 heteroatoms. The fourth-order valence-corrected chi connectivity index (χ4v) is 9.65. The highest BCUT2D eigenvalue weighted by atomic mass is 31.1. The van der Waals surface area contributed by atoms with Crippen LogP contribution in [0.25, 0.3) is 49.6 Å². The molecular formula is C48H45N3O6P2. The zero-order valence-corrected chi connectivity index (χ0v) is 36.2. The summed E-state index contributed by atoms with van der Waals surface area (Å²) in [5.74, 6) is 0.668. The molecule has 0 aliphatic heterocycles. The molecule has 9 nitrogen and oxygen atoms in total. The van der Waals surface area contributed by atoms with Crippen molar-refractivity contribution in [2.45, 2.75) is 68.4 Å². The Morgan fingerprint density at radius 2 is 0.983 bits per heavy atom. The predicted molar refractivity (Wildman–Crippen MR) is 237 cm³/mol. The summed E-state index contributed by atoms with van der Waals surface area (Å²) < 4.78 is 40.5. The van der Waals surface area contributed by atoms with E-state index in [4.69, 9.17) is 25.8 Å². The van der Waals surface area contributed by atoms with E-state index in [-0.39, 0.29) is 0 Å². The Balaban J connectivity index is 0.946. The monoisotopic (exact) mass is 821 g/mol. The van der Waals surface area contributed by atoms with Crippen LogP contribution in [0.3, 0.4) is 0 Å². The first-order valence-corrected chi connectivity index (χ1v) is 21.8. The molecule has 0 saturated heterocycles. The third-order valence-electron chi connectivity index (χ3n) is 11.6. The van der Waals surface area contributed by atoms with Crippen LogP contribution in [0.5, 0.6) is 5.75 Å². The minimum absolute atomic E-state index is 0.317. The zero-order valence-electron chi connectivity index (χ0n) is 34.4. The first kappa shape index (κ1) is 38.5. The molecule has 0 aliphatic carbocycles. The molecule has 59 heavy (non-hydrogen) atoms. The Labute approximate surface area is 344 Å². The van der Waals surface area contributed by atoms with E-state index in [1.165, 1.54) is 33.4 Å². The first-order chi connectivity index (χ1) is 28.5. The van der Waals surface area contributed by atoms with Crippen LogP contribution in [0.4, 0.5) is 0 Å². The Morgan fingerprint density at radius 1 is 0.525 bits per heavy atom. The lowest BCUT2D eigenvalue weighted by atomic mass is 9.97. The lowest BCUT2D eigenvalue weighted by Crippen LogP contribution is -1.97. The van der Waals surface area contributed by atoms with Crippen molar-refractivity contribution in [2.24, 2.45) is 0 Å². The maximum Gasteiger partial charge on any atom is 0.453 e. The van der Waals surface area contributed by atoms with Gasteiger partial charge in [0.1, 0.15) is 28.1 Å². The van der Waals surface area contributed by atoms with Crippen LogP contribution in [0.15, 0.2) is 120 Å². The van der Waals surface area contributed by atoms with Crippen molar-refractivity contribution in [3.8, 4) is 11.4 Å². The topological polar surface area (TPSA) is 102 Å². The maximum atomic E-state index is 6.56. The van der Waals surface area contributed by atoms with Gasteiger partial charge >= 0.3 is 16.5 Å². The van der Waals surface area contributed by atoms with Crippen LogP contribution < -0.4 is 9.05 Å². The van der Waals surface area contributed by atoms with Crippen LogP contribution in [0, 0.1) is 55.4 Å². The van der Waals surface area contributed by atoms with Crippen molar-refractivity contribution in [1.29, 1.82) is 0 Å². The molecule has 9 aromatic rings. The second-order valence-electron chi connectivity index (χ2n) is 15.3. The lowest BCUT2D eigenvalue weighted by molar-refractivity contribution is 0.364. The Bertz CT molecular complexity index is 3020. The second-order valence-corrected chi connectivity index (χ2v) is 17.4. The van der Waals surface area contributed by atoms with Gasteiger partial charge in [0.25, 0.3) is 0 Å². The molecule has 9 rings (SSSR count). The van der Waals surface area contributed by atoms with Gasteiger partial charge in [-0.1, -0.05) is 59.8 Å². The van der Waals surface area contributed by atoms with Gasteiger partial charge in [-0.2, -0.15) is 0 Å². The second kappa shape index (κ2) is 15.6. The summed E-state index contributed by atoms with van der Waals surface area (Å²) in [7, 11) is -3.52. The fraction of sp³-hybridized carbons (Fsp3) is 0.208. The molecule has 0 bridgehead atoms. The van der Waals surface area contributed by atoms with Crippen LogP contribution in [0.2, 0.25) is 0 Å². The number of fused-ring (bicyclic) bond motifs is 6. The van der Waals surface area contributed by atoms with Gasteiger partial charge in [-0.05, 0) is 148 Å². The number of benzene rings is 6. The molecule has 0 N–H and O–H groups in total. The van der Waals surface area contributed by atoms with Gasteiger partial charge in [0, 0.05) is 33.5 Å². The van der Waals surface area contributed by atoms with Crippen LogP contribution >= 0.6 is 16.5 Å². The van der Waals surface area contributed by atoms with Gasteiger partial charge in [0.05, 0.1) is 24.2 Å². The van der Waals surface area contributed by atoms with E-state index in [1.54, 1.807) is 4.68 Å². The molecule has 3 aromatic heterocycles. The standard InChI is InChI=1S/C48H45N3O6P2/c1-28-13-21-41-45(32(28)5)46-33(6)29(2)14-22-42(46)55-58(54-41)52-27-36-17-19-39(20-18-36)51-26-38(49-50-51)25-37-11-9-10-12-40(37)53-59-56-43-23-15-30(3)34(7)47(43)48-35(8)31(4)16-24-44(48)57-59/h9-24,26H,25,27H2,1-8H3. The van der Waals surface area contributed by atoms with E-state index < -0.39 is 16.5 Å². The van der Waals surface area contributed by atoms with Crippen LogP contribution in [-0.2, 0) is 13.0 Å². The summed E-state index contributed by atoms with van der Waals surface area (Å²) in [6, 6.07) is 32.4. The molecular weight excluding hydrogens is 776 g/mol. The third kappa shape index (κ3) is 7.36. The largest absolute Gasteiger partial charge is 0.453 e. The lowest BCUT2D eigenvalue weighted by Gasteiger charge is -2.07. The molecule has 298 valence electrons. The summed E-state index contributed by atoms with van der Waals surface area (Å²) >= 11 is 0. The number of aryl methyl sites for hydroxylation is 8. The van der Waals surface area contributed by atoms with Crippen LogP contribution in [0.1, 0.15) is 61.3 Å². The summed E-state index contributed by atoms with van der Waals surface area (Å²) in [6.07, 6.45) is 2.44. The normalized spacial score (nSPS) is 11.6. The number of nitrogens with zero attached hydrogens (tertiary/aromatic N) is 3. The van der Waals surface area contributed by atoms with E-state index >= 15 is 0 Å². The molecule has 0 aliphatic rings. The summed E-state index contributed by atoms with van der Waals surface area (Å²) in [5, 5.41) is 13.2. The predicted octanol–water partition coefficient (Wildman–Crippen LogP) is 14.0. The Kier molecular flexibility index (Phi) is 10.2. The van der Waals surface area contributed by atoms with E-state index in [0.717, 1.165) is 77.5 Å². The molecule has 0 saturated carbocycles. The molecule has 0 fully saturated rings. The van der Waals surface area contributed by atoms with Crippen LogP contribution in [-0.4, -0.2) is 15.0 Å². The molecule has 0 amide bonds. The summed E-state index contributed by atoms with van der Waals surface area (Å²) in [5.41, 5.74) is 16.1. The summed E-state index contributed by atoms with van der Waals surface area (Å²) in [4.78, 5) is 0. The molecule has 3 heterocycles. The smallest absolute Gasteiger partial charge is 0.399 e. The van der Waals surface area contributed by atoms with Gasteiger partial charge in [-0.25, -0.2) is 4.68 Å². The minimum atomic E-state index is -1.82. The van der Waals surface area contributed by atoms with E-state index in [9.17, 15) is 0 Å².